The Hall–Kier alpha value is -2.09. The van der Waals surface area contributed by atoms with Crippen LogP contribution in [0.5, 0.6) is 0 Å². The molecule has 0 aliphatic carbocycles. The maximum Gasteiger partial charge on any atom is 0.188 e. The maximum atomic E-state index is 11.7. The lowest BCUT2D eigenvalue weighted by molar-refractivity contribution is 0.0290. The van der Waals surface area contributed by atoms with E-state index in [0.29, 0.717) is 17.6 Å². The number of carbonyl (C=O) groups is 1. The molecule has 0 radical (unpaired) electrons. The van der Waals surface area contributed by atoms with Crippen molar-refractivity contribution in [3.63, 3.8) is 0 Å². The minimum absolute atomic E-state index is 0.226. The molecular formula is C29H42N4O2. The van der Waals surface area contributed by atoms with E-state index in [1.54, 1.807) is 0 Å². The summed E-state index contributed by atoms with van der Waals surface area (Å²) in [5, 5.41) is 9.05. The first kappa shape index (κ1) is 26.0. The van der Waals surface area contributed by atoms with Crippen molar-refractivity contribution >= 4 is 5.78 Å². The van der Waals surface area contributed by atoms with E-state index in [2.05, 4.69) is 64.6 Å². The summed E-state index contributed by atoms with van der Waals surface area (Å²) in [6, 6.07) is 17.8. The molecule has 2 aromatic carbocycles. The van der Waals surface area contributed by atoms with Crippen LogP contribution in [0.15, 0.2) is 48.5 Å². The van der Waals surface area contributed by atoms with Gasteiger partial charge in [0.05, 0.1) is 0 Å². The zero-order valence-corrected chi connectivity index (χ0v) is 21.7. The van der Waals surface area contributed by atoms with Crippen LogP contribution in [0.2, 0.25) is 0 Å². The zero-order valence-electron chi connectivity index (χ0n) is 21.7. The van der Waals surface area contributed by atoms with Gasteiger partial charge in [0.2, 0.25) is 0 Å². The third kappa shape index (κ3) is 6.99. The molecule has 1 N–H and O–H groups in total. The second-order valence-corrected chi connectivity index (χ2v) is 10.4. The highest BCUT2D eigenvalue weighted by Gasteiger charge is 2.29. The van der Waals surface area contributed by atoms with E-state index in [0.717, 1.165) is 52.4 Å². The summed E-state index contributed by atoms with van der Waals surface area (Å²) >= 11 is 0. The van der Waals surface area contributed by atoms with Gasteiger partial charge in [0, 0.05) is 76.5 Å². The number of likely N-dealkylation sites (N-methyl/N-ethyl adjacent to an activating group) is 1. The van der Waals surface area contributed by atoms with Gasteiger partial charge in [-0.2, -0.15) is 0 Å². The molecule has 2 aromatic rings. The molecule has 2 aliphatic heterocycles. The monoisotopic (exact) mass is 478 g/mol. The van der Waals surface area contributed by atoms with Crippen molar-refractivity contribution in [2.75, 3.05) is 52.4 Å². The summed E-state index contributed by atoms with van der Waals surface area (Å²) in [6.07, 6.45) is 0. The van der Waals surface area contributed by atoms with Crippen LogP contribution in [0.25, 0.3) is 0 Å². The summed E-state index contributed by atoms with van der Waals surface area (Å²) in [5.74, 6) is -0.226. The number of Topliss-reactive ketones (excluding diaryl/α,β-unsaturated/α-hetero) is 1. The third-order valence-electron chi connectivity index (χ3n) is 7.68. The van der Waals surface area contributed by atoms with Gasteiger partial charge < -0.3 is 10.0 Å². The summed E-state index contributed by atoms with van der Waals surface area (Å²) in [6.45, 7) is 17.3. The standard InChI is InChI=1S/C29H42N4O2/c1-4-30-12-14-31(15-13-30)20-26-6-5-7-27(16-26)21-33-23(2)17-32(18-24(33)3)19-25-8-10-28(11-9-25)29(35)22-34/h5-11,16,23-24,34H,4,12-15,17-22H2,1-3H3/t23-,24+. The number of aliphatic hydroxyl groups excluding tert-OH is 1. The Morgan fingerprint density at radius 3 is 1.97 bits per heavy atom. The molecule has 0 aromatic heterocycles. The third-order valence-corrected chi connectivity index (χ3v) is 7.68. The number of aliphatic hydroxyl groups is 1. The molecule has 0 unspecified atom stereocenters. The Labute approximate surface area is 211 Å². The fraction of sp³-hybridized carbons (Fsp3) is 0.552. The summed E-state index contributed by atoms with van der Waals surface area (Å²) < 4.78 is 0. The highest BCUT2D eigenvalue weighted by Crippen LogP contribution is 2.22. The van der Waals surface area contributed by atoms with E-state index in [1.165, 1.54) is 29.8 Å². The summed E-state index contributed by atoms with van der Waals surface area (Å²) in [7, 11) is 0. The molecule has 0 saturated carbocycles. The molecular weight excluding hydrogens is 436 g/mol. The predicted molar refractivity (Wildman–Crippen MR) is 141 cm³/mol. The first-order chi connectivity index (χ1) is 16.9. The van der Waals surface area contributed by atoms with Crippen molar-refractivity contribution < 1.29 is 9.90 Å². The molecule has 0 bridgehead atoms. The van der Waals surface area contributed by atoms with E-state index >= 15 is 0 Å². The van der Waals surface area contributed by atoms with Crippen LogP contribution in [-0.2, 0) is 19.6 Å². The maximum absolute atomic E-state index is 11.7. The van der Waals surface area contributed by atoms with Crippen LogP contribution in [0.4, 0.5) is 0 Å². The minimum atomic E-state index is -0.435. The van der Waals surface area contributed by atoms with Gasteiger partial charge in [-0.3, -0.25) is 19.5 Å². The van der Waals surface area contributed by atoms with Crippen molar-refractivity contribution in [2.45, 2.75) is 52.5 Å². The topological polar surface area (TPSA) is 50.3 Å². The quantitative estimate of drug-likeness (QED) is 0.559. The van der Waals surface area contributed by atoms with Crippen LogP contribution in [0.1, 0.15) is 47.8 Å². The second kappa shape index (κ2) is 12.2. The number of ketones is 1. The Bertz CT molecular complexity index is 943. The predicted octanol–water partition coefficient (Wildman–Crippen LogP) is 3.09. The van der Waals surface area contributed by atoms with Crippen molar-refractivity contribution in [3.8, 4) is 0 Å². The van der Waals surface area contributed by atoms with E-state index < -0.39 is 6.61 Å². The average molecular weight is 479 g/mol. The molecule has 2 aliphatic rings. The van der Waals surface area contributed by atoms with Crippen molar-refractivity contribution in [1.29, 1.82) is 0 Å². The fourth-order valence-corrected chi connectivity index (χ4v) is 5.61. The van der Waals surface area contributed by atoms with Crippen LogP contribution in [-0.4, -0.2) is 95.0 Å². The van der Waals surface area contributed by atoms with Gasteiger partial charge in [-0.1, -0.05) is 55.5 Å². The van der Waals surface area contributed by atoms with Crippen LogP contribution in [0, 0.1) is 0 Å². The lowest BCUT2D eigenvalue weighted by Gasteiger charge is -2.44. The van der Waals surface area contributed by atoms with E-state index in [4.69, 9.17) is 5.11 Å². The molecule has 190 valence electrons. The molecule has 6 heteroatoms. The molecule has 35 heavy (non-hydrogen) atoms. The van der Waals surface area contributed by atoms with Crippen molar-refractivity contribution in [3.05, 3.63) is 70.8 Å². The highest BCUT2D eigenvalue weighted by atomic mass is 16.3. The zero-order chi connectivity index (χ0) is 24.8. The molecule has 6 nitrogen and oxygen atoms in total. The highest BCUT2D eigenvalue weighted by molar-refractivity contribution is 5.96. The van der Waals surface area contributed by atoms with Crippen LogP contribution in [0.3, 0.4) is 0 Å². The van der Waals surface area contributed by atoms with Gasteiger partial charge >= 0.3 is 0 Å². The van der Waals surface area contributed by atoms with Gasteiger partial charge in [-0.25, -0.2) is 0 Å². The Morgan fingerprint density at radius 1 is 0.800 bits per heavy atom. The van der Waals surface area contributed by atoms with E-state index in [9.17, 15) is 4.79 Å². The lowest BCUT2D eigenvalue weighted by atomic mass is 10.0. The average Bonchev–Trinajstić information content (AvgIpc) is 2.87. The van der Waals surface area contributed by atoms with Crippen molar-refractivity contribution in [2.24, 2.45) is 0 Å². The molecule has 2 fully saturated rings. The number of nitrogens with zero attached hydrogens (tertiary/aromatic N) is 4. The van der Waals surface area contributed by atoms with E-state index in [1.807, 2.05) is 24.3 Å². The number of carbonyl (C=O) groups excluding carboxylic acids is 1. The molecule has 0 spiro atoms. The number of rotatable bonds is 9. The van der Waals surface area contributed by atoms with Crippen molar-refractivity contribution in [1.82, 2.24) is 19.6 Å². The molecule has 2 heterocycles. The normalized spacial score (nSPS) is 23.0. The molecule has 4 rings (SSSR count). The number of piperazine rings is 2. The second-order valence-electron chi connectivity index (χ2n) is 10.4. The Kier molecular flexibility index (Phi) is 9.09. The minimum Gasteiger partial charge on any atom is -0.388 e. The van der Waals surface area contributed by atoms with Gasteiger partial charge in [-0.05, 0) is 37.1 Å². The molecule has 2 atom stereocenters. The fourth-order valence-electron chi connectivity index (χ4n) is 5.61. The molecule has 2 saturated heterocycles. The smallest absolute Gasteiger partial charge is 0.188 e. The van der Waals surface area contributed by atoms with E-state index in [-0.39, 0.29) is 5.78 Å². The lowest BCUT2D eigenvalue weighted by Crippen LogP contribution is -2.55. The summed E-state index contributed by atoms with van der Waals surface area (Å²) in [4.78, 5) is 21.9. The first-order valence-electron chi connectivity index (χ1n) is 13.2. The van der Waals surface area contributed by atoms with Gasteiger partial charge in [0.1, 0.15) is 6.61 Å². The number of hydrogen-bond donors (Lipinski definition) is 1. The first-order valence-corrected chi connectivity index (χ1v) is 13.2. The number of hydrogen-bond acceptors (Lipinski definition) is 6. The SMILES string of the molecule is CCN1CCN(Cc2cccc(CN3[C@H](C)CN(Cc4ccc(C(=O)CO)cc4)C[C@@H]3C)c2)CC1. The van der Waals surface area contributed by atoms with Crippen LogP contribution >= 0.6 is 0 Å². The van der Waals surface area contributed by atoms with Gasteiger partial charge in [-0.15, -0.1) is 0 Å². The number of benzene rings is 2. The van der Waals surface area contributed by atoms with Gasteiger partial charge in [0.25, 0.3) is 0 Å². The van der Waals surface area contributed by atoms with Gasteiger partial charge in [0.15, 0.2) is 5.78 Å². The Balaban J connectivity index is 1.30. The summed E-state index contributed by atoms with van der Waals surface area (Å²) in [5.41, 5.74) is 4.62. The Morgan fingerprint density at radius 2 is 1.37 bits per heavy atom. The molecule has 0 amide bonds. The van der Waals surface area contributed by atoms with Crippen LogP contribution < -0.4 is 0 Å². The largest absolute Gasteiger partial charge is 0.388 e.